The molecule has 9 rings (SSSR count). The number of ether oxygens (including phenoxy) is 2. The van der Waals surface area contributed by atoms with Gasteiger partial charge in [-0.2, -0.15) is 0 Å². The number of aromatic carboxylic acids is 1. The molecule has 3 heterocycles. The SMILES string of the molecule is C#CCOc1ccc2nc(-c3nc4cc(C(=O)CCC)c(C)cc4n3C)nc(-c3ccc(C(C)C)cc3)c2c1.C#CCOc1ccc2nc(C(=O)O)nc(-c3ccc(C(C)C)cc3)c2c1.CCCC(=O)c1cc(N)c(NC)cc1C. The molecular formula is C66H68N8O6. The van der Waals surface area contributed by atoms with E-state index < -0.39 is 5.97 Å². The van der Waals surface area contributed by atoms with E-state index in [1.54, 1.807) is 24.3 Å². The molecule has 0 atom stereocenters. The molecule has 0 unspecified atom stereocenters. The van der Waals surface area contributed by atoms with E-state index in [0.717, 1.165) is 79.5 Å². The molecular weight excluding hydrogens is 1000 g/mol. The van der Waals surface area contributed by atoms with Gasteiger partial charge in [0.1, 0.15) is 24.7 Å². The van der Waals surface area contributed by atoms with Gasteiger partial charge in [0.25, 0.3) is 0 Å². The highest BCUT2D eigenvalue weighted by Gasteiger charge is 2.21. The number of carbonyl (C=O) groups is 3. The fourth-order valence-electron chi connectivity index (χ4n) is 9.14. The fraction of sp³-hybridized carbons (Fsp3) is 0.273. The van der Waals surface area contributed by atoms with Crippen LogP contribution in [0.2, 0.25) is 0 Å². The van der Waals surface area contributed by atoms with Crippen molar-refractivity contribution in [3.63, 3.8) is 0 Å². The molecule has 0 saturated heterocycles. The van der Waals surface area contributed by atoms with Crippen molar-refractivity contribution in [1.82, 2.24) is 29.5 Å². The maximum atomic E-state index is 12.7. The summed E-state index contributed by atoms with van der Waals surface area (Å²) in [5.41, 5.74) is 19.3. The predicted octanol–water partition coefficient (Wildman–Crippen LogP) is 14.0. The minimum atomic E-state index is -1.17. The number of aryl methyl sites for hydroxylation is 3. The third-order valence-electron chi connectivity index (χ3n) is 13.5. The van der Waals surface area contributed by atoms with E-state index in [0.29, 0.717) is 70.1 Å². The zero-order valence-corrected chi connectivity index (χ0v) is 47.2. The fourth-order valence-corrected chi connectivity index (χ4v) is 9.14. The van der Waals surface area contributed by atoms with Gasteiger partial charge in [-0.25, -0.2) is 29.7 Å². The highest BCUT2D eigenvalue weighted by molar-refractivity contribution is 6.02. The van der Waals surface area contributed by atoms with Gasteiger partial charge in [0.05, 0.1) is 44.8 Å². The summed E-state index contributed by atoms with van der Waals surface area (Å²) < 4.78 is 13.2. The number of carboxylic acids is 1. The van der Waals surface area contributed by atoms with Crippen LogP contribution in [0.5, 0.6) is 11.5 Å². The number of carboxylic acid groups (broad SMARTS) is 1. The number of hydrogen-bond acceptors (Lipinski definition) is 12. The minimum Gasteiger partial charge on any atom is -0.481 e. The Labute approximate surface area is 468 Å². The second-order valence-electron chi connectivity index (χ2n) is 20.0. The number of nitrogens with two attached hydrogens (primary N) is 1. The van der Waals surface area contributed by atoms with Crippen molar-refractivity contribution >= 4 is 61.7 Å². The van der Waals surface area contributed by atoms with Crippen molar-refractivity contribution in [3.05, 3.63) is 148 Å². The van der Waals surface area contributed by atoms with Crippen molar-refractivity contribution in [2.24, 2.45) is 7.05 Å². The lowest BCUT2D eigenvalue weighted by atomic mass is 9.99. The number of ketones is 2. The molecule has 0 fully saturated rings. The second kappa shape index (κ2) is 26.3. The Morgan fingerprint density at radius 2 is 1.12 bits per heavy atom. The Kier molecular flexibility index (Phi) is 19.2. The number of aromatic nitrogens is 6. The van der Waals surface area contributed by atoms with Crippen LogP contribution in [0, 0.1) is 38.5 Å². The number of anilines is 2. The van der Waals surface area contributed by atoms with Crippen molar-refractivity contribution in [1.29, 1.82) is 0 Å². The quantitative estimate of drug-likeness (QED) is 0.0443. The molecule has 0 saturated carbocycles. The lowest BCUT2D eigenvalue weighted by molar-refractivity contribution is 0.0683. The van der Waals surface area contributed by atoms with Crippen LogP contribution in [0.1, 0.15) is 133 Å². The van der Waals surface area contributed by atoms with E-state index in [4.69, 9.17) is 43.0 Å². The topological polar surface area (TPSA) is 197 Å². The highest BCUT2D eigenvalue weighted by atomic mass is 16.5. The molecule has 3 aromatic heterocycles. The lowest BCUT2D eigenvalue weighted by Gasteiger charge is -2.12. The maximum absolute atomic E-state index is 12.7. The van der Waals surface area contributed by atoms with Gasteiger partial charge < -0.3 is 30.2 Å². The number of Topliss-reactive ketones (excluding diaryl/α,β-unsaturated/α-hetero) is 2. The normalized spacial score (nSPS) is 10.9. The predicted molar refractivity (Wildman–Crippen MR) is 322 cm³/mol. The Balaban J connectivity index is 0.000000193. The number of imidazole rings is 1. The first-order valence-electron chi connectivity index (χ1n) is 26.7. The molecule has 80 heavy (non-hydrogen) atoms. The van der Waals surface area contributed by atoms with Crippen LogP contribution in [-0.2, 0) is 7.05 Å². The van der Waals surface area contributed by atoms with Crippen LogP contribution in [-0.4, -0.2) is 72.4 Å². The van der Waals surface area contributed by atoms with Crippen molar-refractivity contribution in [3.8, 4) is 70.4 Å². The summed E-state index contributed by atoms with van der Waals surface area (Å²) >= 11 is 0. The zero-order chi connectivity index (χ0) is 57.8. The largest absolute Gasteiger partial charge is 0.481 e. The average molecular weight is 1070 g/mol. The van der Waals surface area contributed by atoms with Crippen molar-refractivity contribution in [2.45, 2.75) is 92.9 Å². The van der Waals surface area contributed by atoms with Crippen molar-refractivity contribution < 1.29 is 29.0 Å². The molecule has 4 N–H and O–H groups in total. The van der Waals surface area contributed by atoms with Crippen LogP contribution in [0.3, 0.4) is 0 Å². The van der Waals surface area contributed by atoms with E-state index in [9.17, 15) is 19.5 Å². The first kappa shape index (κ1) is 58.3. The van der Waals surface area contributed by atoms with E-state index in [1.165, 1.54) is 11.1 Å². The van der Waals surface area contributed by atoms with Gasteiger partial charge >= 0.3 is 5.97 Å². The number of hydrogen-bond donors (Lipinski definition) is 3. The first-order chi connectivity index (χ1) is 38.4. The van der Waals surface area contributed by atoms with Crippen LogP contribution >= 0.6 is 0 Å². The number of nitrogen functional groups attached to an aromatic ring is 1. The van der Waals surface area contributed by atoms with Crippen LogP contribution < -0.4 is 20.5 Å². The van der Waals surface area contributed by atoms with Gasteiger partial charge in [-0.05, 0) is 121 Å². The summed E-state index contributed by atoms with van der Waals surface area (Å²) in [5.74, 6) is 7.08. The Hall–Kier alpha value is -9.40. The molecule has 0 spiro atoms. The monoisotopic (exact) mass is 1070 g/mol. The van der Waals surface area contributed by atoms with E-state index in [1.807, 2.05) is 107 Å². The second-order valence-corrected chi connectivity index (χ2v) is 20.0. The van der Waals surface area contributed by atoms with Gasteiger partial charge in [0.15, 0.2) is 23.2 Å². The molecule has 0 aliphatic rings. The Bertz CT molecular complexity index is 3830. The Morgan fingerprint density at radius 3 is 1.60 bits per heavy atom. The highest BCUT2D eigenvalue weighted by Crippen LogP contribution is 2.35. The molecule has 0 aliphatic heterocycles. The minimum absolute atomic E-state index is 0.140. The molecule has 14 heteroatoms. The molecule has 0 radical (unpaired) electrons. The number of terminal acetylenes is 2. The summed E-state index contributed by atoms with van der Waals surface area (Å²) in [6.45, 7) is 16.8. The summed E-state index contributed by atoms with van der Waals surface area (Å²) in [6, 6.07) is 34.9. The third kappa shape index (κ3) is 13.5. The van der Waals surface area contributed by atoms with E-state index in [2.05, 4.69) is 79.1 Å². The van der Waals surface area contributed by atoms with Gasteiger partial charge in [-0.1, -0.05) is 102 Å². The number of carbonyl (C=O) groups excluding carboxylic acids is 2. The van der Waals surface area contributed by atoms with Crippen molar-refractivity contribution in [2.75, 3.05) is 31.3 Å². The number of fused-ring (bicyclic) bond motifs is 3. The third-order valence-corrected chi connectivity index (χ3v) is 13.5. The molecule has 9 aromatic rings. The summed E-state index contributed by atoms with van der Waals surface area (Å²) in [7, 11) is 3.78. The van der Waals surface area contributed by atoms with Gasteiger partial charge in [0, 0.05) is 60.0 Å². The van der Waals surface area contributed by atoms with E-state index >= 15 is 0 Å². The van der Waals surface area contributed by atoms with Gasteiger partial charge in [-0.15, -0.1) is 12.8 Å². The number of benzene rings is 6. The molecule has 6 aromatic carbocycles. The number of nitrogens with one attached hydrogen (secondary N) is 1. The Morgan fingerprint density at radius 1 is 0.637 bits per heavy atom. The van der Waals surface area contributed by atoms with Crippen LogP contribution in [0.15, 0.2) is 109 Å². The molecule has 0 bridgehead atoms. The smallest absolute Gasteiger partial charge is 0.373 e. The zero-order valence-electron chi connectivity index (χ0n) is 47.2. The summed E-state index contributed by atoms with van der Waals surface area (Å²) in [6.07, 6.45) is 13.4. The van der Waals surface area contributed by atoms with Crippen LogP contribution in [0.25, 0.3) is 67.0 Å². The number of nitrogens with zero attached hydrogens (tertiary/aromatic N) is 6. The van der Waals surface area contributed by atoms with Gasteiger partial charge in [0.2, 0.25) is 5.82 Å². The molecule has 0 aliphatic carbocycles. The molecule has 14 nitrogen and oxygen atoms in total. The number of rotatable bonds is 17. The lowest BCUT2D eigenvalue weighted by Crippen LogP contribution is -2.06. The summed E-state index contributed by atoms with van der Waals surface area (Å²) in [4.78, 5) is 59.1. The maximum Gasteiger partial charge on any atom is 0.373 e. The van der Waals surface area contributed by atoms with E-state index in [-0.39, 0.29) is 30.6 Å². The summed E-state index contributed by atoms with van der Waals surface area (Å²) in [5, 5.41) is 13.9. The molecule has 0 amide bonds. The van der Waals surface area contributed by atoms with Crippen LogP contribution in [0.4, 0.5) is 11.4 Å². The standard InChI is InChI=1S/C33H32N4O2.C21H18N2O3.C12H18N2O/c1-7-9-30(38)25-19-28-29(17-21(25)5)37(6)33(35-28)32-34-27-15-14-24(39-16-8-2)18-26(27)31(36-32)23-12-10-22(11-13-23)20(3)4;1-4-11-26-16-9-10-18-17(12-16)19(23-20(22-18)21(24)25)15-7-5-14(6-8-15)13(2)3;1-4-5-12(15)9-7-10(13)11(14-3)6-8(9)2/h2,10-15,17-20H,7,9,16H2,1,3-6H3;1,5-10,12-13H,11H2,2-3H3,(H,24,25);6-7,14H,4-5,13H2,1-3H3. The average Bonchev–Trinajstić information content (AvgIpc) is 3.78. The molecule has 408 valence electrons. The van der Waals surface area contributed by atoms with Gasteiger partial charge in [-0.3, -0.25) is 9.59 Å². The first-order valence-corrected chi connectivity index (χ1v) is 26.7.